The SMILES string of the molecule is C1=CC(c2ccc3oc4cc5ccccc5cc4c3c2)=C(N(c2ccc(-c3cccc4ccccc34)cc2)c2ccc3c(c2)oc2ccccc23)CC1. The van der Waals surface area contributed by atoms with Crippen LogP contribution in [0.2, 0.25) is 0 Å². The van der Waals surface area contributed by atoms with Gasteiger partial charge in [-0.3, -0.25) is 0 Å². The number of anilines is 2. The molecule has 3 heteroatoms. The first-order valence-corrected chi connectivity index (χ1v) is 18.3. The standard InChI is InChI=1S/C50H33NO2/c1-2-12-35-30-49-45(28-34(35)11-1)44-29-36(22-27-48(44)53-49)41-15-5-7-18-46(41)51(38-25-26-43-42-16-6-8-19-47(42)52-50(43)31-38)37-23-20-33(21-24-37)40-17-9-13-32-10-3-4-14-39(32)40/h1-6,8-17,19-31H,7,18H2. The Morgan fingerprint density at radius 3 is 1.92 bits per heavy atom. The van der Waals surface area contributed by atoms with Gasteiger partial charge in [-0.1, -0.05) is 115 Å². The lowest BCUT2D eigenvalue weighted by atomic mass is 9.93. The number of rotatable bonds is 5. The number of hydrogen-bond donors (Lipinski definition) is 0. The van der Waals surface area contributed by atoms with E-state index in [0.29, 0.717) is 0 Å². The first kappa shape index (κ1) is 29.8. The number of hydrogen-bond acceptors (Lipinski definition) is 3. The first-order chi connectivity index (χ1) is 26.2. The highest BCUT2D eigenvalue weighted by atomic mass is 16.3. The third kappa shape index (κ3) is 4.89. The Balaban J connectivity index is 1.10. The molecule has 8 aromatic carbocycles. The molecule has 1 aliphatic rings. The molecule has 0 spiro atoms. The molecule has 0 amide bonds. The van der Waals surface area contributed by atoms with Crippen molar-refractivity contribution in [2.45, 2.75) is 12.8 Å². The Hall–Kier alpha value is -6.84. The van der Waals surface area contributed by atoms with Gasteiger partial charge in [0.1, 0.15) is 22.3 Å². The van der Waals surface area contributed by atoms with Crippen LogP contribution in [-0.2, 0) is 0 Å². The monoisotopic (exact) mass is 679 g/mol. The Bertz CT molecular complexity index is 3110. The van der Waals surface area contributed by atoms with E-state index in [1.165, 1.54) is 49.5 Å². The van der Waals surface area contributed by atoms with E-state index in [1.54, 1.807) is 0 Å². The predicted octanol–water partition coefficient (Wildman–Crippen LogP) is 14.4. The molecule has 0 saturated carbocycles. The van der Waals surface area contributed by atoms with Crippen LogP contribution < -0.4 is 4.90 Å². The van der Waals surface area contributed by atoms with Crippen molar-refractivity contribution in [2.75, 3.05) is 4.90 Å². The van der Waals surface area contributed by atoms with Gasteiger partial charge >= 0.3 is 0 Å². The molecular weight excluding hydrogens is 647 g/mol. The van der Waals surface area contributed by atoms with Crippen molar-refractivity contribution in [1.29, 1.82) is 0 Å². The highest BCUT2D eigenvalue weighted by Crippen LogP contribution is 2.43. The van der Waals surface area contributed by atoms with Crippen LogP contribution in [0.4, 0.5) is 11.4 Å². The second-order valence-corrected chi connectivity index (χ2v) is 14.0. The Morgan fingerprint density at radius 2 is 1.06 bits per heavy atom. The smallest absolute Gasteiger partial charge is 0.137 e. The highest BCUT2D eigenvalue weighted by Gasteiger charge is 2.23. The summed E-state index contributed by atoms with van der Waals surface area (Å²) in [5.41, 5.74) is 11.8. The summed E-state index contributed by atoms with van der Waals surface area (Å²) in [6.07, 6.45) is 6.45. The summed E-state index contributed by atoms with van der Waals surface area (Å²) in [5, 5.41) is 9.42. The van der Waals surface area contributed by atoms with E-state index >= 15 is 0 Å². The maximum atomic E-state index is 6.44. The molecule has 0 fully saturated rings. The summed E-state index contributed by atoms with van der Waals surface area (Å²) in [4.78, 5) is 2.43. The molecule has 250 valence electrons. The van der Waals surface area contributed by atoms with Gasteiger partial charge in [-0.05, 0) is 106 Å². The van der Waals surface area contributed by atoms with E-state index in [9.17, 15) is 0 Å². The molecule has 1 aliphatic carbocycles. The molecule has 0 bridgehead atoms. The van der Waals surface area contributed by atoms with Crippen molar-refractivity contribution in [1.82, 2.24) is 0 Å². The summed E-state index contributed by atoms with van der Waals surface area (Å²) in [7, 11) is 0. The van der Waals surface area contributed by atoms with Crippen LogP contribution in [0.3, 0.4) is 0 Å². The summed E-state index contributed by atoms with van der Waals surface area (Å²) in [5.74, 6) is 0. The molecule has 53 heavy (non-hydrogen) atoms. The van der Waals surface area contributed by atoms with Crippen molar-refractivity contribution in [2.24, 2.45) is 0 Å². The largest absolute Gasteiger partial charge is 0.456 e. The van der Waals surface area contributed by atoms with Gasteiger partial charge in [0.25, 0.3) is 0 Å². The van der Waals surface area contributed by atoms with Crippen molar-refractivity contribution >= 4 is 82.4 Å². The quantitative estimate of drug-likeness (QED) is 0.181. The number of benzene rings is 8. The van der Waals surface area contributed by atoms with Crippen molar-refractivity contribution in [3.05, 3.63) is 187 Å². The predicted molar refractivity (Wildman–Crippen MR) is 222 cm³/mol. The maximum Gasteiger partial charge on any atom is 0.137 e. The van der Waals surface area contributed by atoms with E-state index < -0.39 is 0 Å². The van der Waals surface area contributed by atoms with E-state index in [1.807, 2.05) is 12.1 Å². The van der Waals surface area contributed by atoms with Gasteiger partial charge in [0, 0.05) is 50.3 Å². The fourth-order valence-electron chi connectivity index (χ4n) is 8.36. The second kappa shape index (κ2) is 11.9. The molecule has 0 atom stereocenters. The van der Waals surface area contributed by atoms with Crippen molar-refractivity contribution in [3.63, 3.8) is 0 Å². The van der Waals surface area contributed by atoms with Crippen LogP contribution in [0.5, 0.6) is 0 Å². The molecular formula is C50H33NO2. The van der Waals surface area contributed by atoms with Crippen molar-refractivity contribution in [3.8, 4) is 11.1 Å². The molecule has 2 aromatic heterocycles. The van der Waals surface area contributed by atoms with Crippen molar-refractivity contribution < 1.29 is 8.83 Å². The number of fused-ring (bicyclic) bond motifs is 8. The molecule has 0 radical (unpaired) electrons. The molecule has 3 nitrogen and oxygen atoms in total. The van der Waals surface area contributed by atoms with Crippen LogP contribution in [0.1, 0.15) is 18.4 Å². The Morgan fingerprint density at radius 1 is 0.415 bits per heavy atom. The average molecular weight is 680 g/mol. The molecule has 0 N–H and O–H groups in total. The van der Waals surface area contributed by atoms with Gasteiger partial charge in [-0.15, -0.1) is 0 Å². The zero-order chi connectivity index (χ0) is 34.9. The normalized spacial score (nSPS) is 13.4. The van der Waals surface area contributed by atoms with Gasteiger partial charge in [0.05, 0.1) is 0 Å². The van der Waals surface area contributed by atoms with Gasteiger partial charge in [-0.25, -0.2) is 0 Å². The number of para-hydroxylation sites is 1. The van der Waals surface area contributed by atoms with Crippen LogP contribution in [0, 0.1) is 0 Å². The van der Waals surface area contributed by atoms with E-state index in [0.717, 1.165) is 68.1 Å². The topological polar surface area (TPSA) is 29.5 Å². The second-order valence-electron chi connectivity index (χ2n) is 14.0. The minimum absolute atomic E-state index is 0.882. The Kier molecular flexibility index (Phi) is 6.68. The molecule has 0 aliphatic heterocycles. The third-order valence-corrected chi connectivity index (χ3v) is 10.9. The lowest BCUT2D eigenvalue weighted by molar-refractivity contribution is 0.668. The minimum Gasteiger partial charge on any atom is -0.456 e. The van der Waals surface area contributed by atoms with Crippen LogP contribution >= 0.6 is 0 Å². The zero-order valence-corrected chi connectivity index (χ0v) is 28.9. The van der Waals surface area contributed by atoms with Crippen LogP contribution in [-0.4, -0.2) is 0 Å². The fourth-order valence-corrected chi connectivity index (χ4v) is 8.36. The molecule has 0 unspecified atom stereocenters. The number of allylic oxidation sites excluding steroid dienone is 4. The third-order valence-electron chi connectivity index (χ3n) is 10.9. The highest BCUT2D eigenvalue weighted by molar-refractivity contribution is 6.11. The zero-order valence-electron chi connectivity index (χ0n) is 28.9. The molecule has 0 saturated heterocycles. The number of furan rings is 2. The average Bonchev–Trinajstić information content (AvgIpc) is 3.77. The van der Waals surface area contributed by atoms with Gasteiger partial charge in [0.15, 0.2) is 0 Å². The summed E-state index contributed by atoms with van der Waals surface area (Å²) >= 11 is 0. The Labute approximate surface area is 306 Å². The van der Waals surface area contributed by atoms with Gasteiger partial charge in [-0.2, -0.15) is 0 Å². The summed E-state index contributed by atoms with van der Waals surface area (Å²) in [6.45, 7) is 0. The van der Waals surface area contributed by atoms with Gasteiger partial charge < -0.3 is 13.7 Å². The molecule has 10 aromatic rings. The lowest BCUT2D eigenvalue weighted by Crippen LogP contribution is -2.19. The molecule has 2 heterocycles. The maximum absolute atomic E-state index is 6.44. The lowest BCUT2D eigenvalue weighted by Gasteiger charge is -2.31. The molecule has 11 rings (SSSR count). The van der Waals surface area contributed by atoms with Crippen LogP contribution in [0.25, 0.3) is 82.1 Å². The number of nitrogens with zero attached hydrogens (tertiary/aromatic N) is 1. The van der Waals surface area contributed by atoms with Crippen LogP contribution in [0.15, 0.2) is 190 Å². The summed E-state index contributed by atoms with van der Waals surface area (Å²) in [6, 6.07) is 58.7. The summed E-state index contributed by atoms with van der Waals surface area (Å²) < 4.78 is 12.8. The van der Waals surface area contributed by atoms with Gasteiger partial charge in [0.2, 0.25) is 0 Å². The first-order valence-electron chi connectivity index (χ1n) is 18.3. The van der Waals surface area contributed by atoms with E-state index in [2.05, 4.69) is 169 Å². The van der Waals surface area contributed by atoms with E-state index in [4.69, 9.17) is 8.83 Å². The van der Waals surface area contributed by atoms with E-state index in [-0.39, 0.29) is 0 Å². The minimum atomic E-state index is 0.882. The fraction of sp³-hybridized carbons (Fsp3) is 0.0400.